The topological polar surface area (TPSA) is 58.2 Å². The van der Waals surface area contributed by atoms with Crippen LogP contribution in [-0.2, 0) is 23.7 Å². The average Bonchev–Trinajstić information content (AvgIpc) is 2.53. The number of rotatable bonds is 14. The van der Waals surface area contributed by atoms with E-state index in [0.717, 1.165) is 32.7 Å². The molecule has 1 unspecified atom stereocenters. The Balaban J connectivity index is 1.69. The molecule has 6 nitrogen and oxygen atoms in total. The number of hydrogen-bond acceptors (Lipinski definition) is 6. The number of ether oxygens (including phenoxy) is 5. The van der Waals surface area contributed by atoms with Crippen LogP contribution < -0.4 is 5.32 Å². The van der Waals surface area contributed by atoms with Crippen LogP contribution >= 0.6 is 0 Å². The highest BCUT2D eigenvalue weighted by molar-refractivity contribution is 4.65. The van der Waals surface area contributed by atoms with Gasteiger partial charge >= 0.3 is 0 Å². The van der Waals surface area contributed by atoms with E-state index in [9.17, 15) is 0 Å². The molecular weight excluding hydrogens is 274 g/mol. The van der Waals surface area contributed by atoms with E-state index in [1.165, 1.54) is 6.42 Å². The molecule has 1 atom stereocenters. The minimum absolute atomic E-state index is 0.176. The summed E-state index contributed by atoms with van der Waals surface area (Å²) in [6.45, 7) is 9.87. The maximum atomic E-state index is 5.52. The molecule has 1 fully saturated rings. The third-order valence-corrected chi connectivity index (χ3v) is 3.07. The van der Waals surface area contributed by atoms with Crippen LogP contribution in [0.1, 0.15) is 19.8 Å². The summed E-state index contributed by atoms with van der Waals surface area (Å²) >= 11 is 0. The highest BCUT2D eigenvalue weighted by Gasteiger charge is 2.12. The Bertz CT molecular complexity index is 212. The lowest BCUT2D eigenvalue weighted by Crippen LogP contribution is -2.41. The maximum absolute atomic E-state index is 5.52. The van der Waals surface area contributed by atoms with Gasteiger partial charge in [0.15, 0.2) is 0 Å². The van der Waals surface area contributed by atoms with Crippen molar-refractivity contribution >= 4 is 0 Å². The van der Waals surface area contributed by atoms with Gasteiger partial charge in [0.05, 0.1) is 59.0 Å². The van der Waals surface area contributed by atoms with Gasteiger partial charge in [-0.05, 0) is 6.42 Å². The van der Waals surface area contributed by atoms with Crippen molar-refractivity contribution in [1.29, 1.82) is 0 Å². The fraction of sp³-hybridized carbons (Fsp3) is 1.00. The van der Waals surface area contributed by atoms with Crippen molar-refractivity contribution < 1.29 is 23.7 Å². The minimum atomic E-state index is 0.176. The number of nitrogens with one attached hydrogen (secondary N) is 1. The van der Waals surface area contributed by atoms with Gasteiger partial charge in [-0.25, -0.2) is 0 Å². The molecule has 126 valence electrons. The first kappa shape index (κ1) is 18.8. The summed E-state index contributed by atoms with van der Waals surface area (Å²) in [5.41, 5.74) is 0. The molecule has 1 aliphatic rings. The first-order valence-corrected chi connectivity index (χ1v) is 8.06. The largest absolute Gasteiger partial charge is 0.379 e. The smallest absolute Gasteiger partial charge is 0.0933 e. The zero-order valence-electron chi connectivity index (χ0n) is 13.3. The average molecular weight is 305 g/mol. The Hall–Kier alpha value is -0.240. The van der Waals surface area contributed by atoms with Crippen molar-refractivity contribution in [3.63, 3.8) is 0 Å². The summed E-state index contributed by atoms with van der Waals surface area (Å²) < 4.78 is 27.2. The third-order valence-electron chi connectivity index (χ3n) is 3.07. The van der Waals surface area contributed by atoms with E-state index in [2.05, 4.69) is 12.2 Å². The SMILES string of the molecule is CCCCOCCOCCOCCOCC1CNCCO1. The Morgan fingerprint density at radius 2 is 1.52 bits per heavy atom. The molecule has 0 saturated carbocycles. The molecule has 1 N–H and O–H groups in total. The summed E-state index contributed by atoms with van der Waals surface area (Å²) in [4.78, 5) is 0. The molecule has 1 rings (SSSR count). The highest BCUT2D eigenvalue weighted by atomic mass is 16.6. The van der Waals surface area contributed by atoms with E-state index >= 15 is 0 Å². The summed E-state index contributed by atoms with van der Waals surface area (Å²) in [6.07, 6.45) is 2.46. The summed E-state index contributed by atoms with van der Waals surface area (Å²) in [5, 5.41) is 3.27. The van der Waals surface area contributed by atoms with Crippen molar-refractivity contribution in [2.45, 2.75) is 25.9 Å². The molecule has 21 heavy (non-hydrogen) atoms. The van der Waals surface area contributed by atoms with Gasteiger partial charge in [0.25, 0.3) is 0 Å². The Labute approximate surface area is 128 Å². The molecule has 0 aromatic carbocycles. The van der Waals surface area contributed by atoms with Gasteiger partial charge in [-0.15, -0.1) is 0 Å². The van der Waals surface area contributed by atoms with Crippen molar-refractivity contribution in [1.82, 2.24) is 5.32 Å². The second-order valence-electron chi connectivity index (χ2n) is 4.96. The molecule has 0 aliphatic carbocycles. The zero-order chi connectivity index (χ0) is 15.0. The Morgan fingerprint density at radius 3 is 2.10 bits per heavy atom. The van der Waals surface area contributed by atoms with Crippen molar-refractivity contribution in [3.8, 4) is 0 Å². The maximum Gasteiger partial charge on any atom is 0.0933 e. The lowest BCUT2D eigenvalue weighted by molar-refractivity contribution is -0.0475. The van der Waals surface area contributed by atoms with Crippen LogP contribution in [0.4, 0.5) is 0 Å². The van der Waals surface area contributed by atoms with Gasteiger partial charge in [0.2, 0.25) is 0 Å². The van der Waals surface area contributed by atoms with Crippen molar-refractivity contribution in [2.24, 2.45) is 0 Å². The lowest BCUT2D eigenvalue weighted by atomic mass is 10.3. The minimum Gasteiger partial charge on any atom is -0.379 e. The Morgan fingerprint density at radius 1 is 0.905 bits per heavy atom. The first-order chi connectivity index (χ1) is 10.4. The molecule has 0 radical (unpaired) electrons. The molecule has 0 amide bonds. The second-order valence-corrected chi connectivity index (χ2v) is 4.96. The van der Waals surface area contributed by atoms with Gasteiger partial charge in [0.1, 0.15) is 0 Å². The van der Waals surface area contributed by atoms with E-state index in [4.69, 9.17) is 23.7 Å². The lowest BCUT2D eigenvalue weighted by Gasteiger charge is -2.23. The number of hydrogen-bond donors (Lipinski definition) is 1. The molecule has 1 heterocycles. The van der Waals surface area contributed by atoms with Gasteiger partial charge in [-0.3, -0.25) is 0 Å². The zero-order valence-corrected chi connectivity index (χ0v) is 13.3. The fourth-order valence-corrected chi connectivity index (χ4v) is 1.85. The monoisotopic (exact) mass is 305 g/mol. The van der Waals surface area contributed by atoms with Crippen LogP contribution in [0.3, 0.4) is 0 Å². The standard InChI is InChI=1S/C15H31NO5/c1-2-3-5-17-7-8-18-9-10-19-11-12-20-14-15-13-16-4-6-21-15/h15-16H,2-14H2,1H3. The number of unbranched alkanes of at least 4 members (excludes halogenated alkanes) is 1. The molecule has 1 saturated heterocycles. The molecule has 6 heteroatoms. The summed E-state index contributed by atoms with van der Waals surface area (Å²) in [6, 6.07) is 0. The second kappa shape index (κ2) is 14.7. The summed E-state index contributed by atoms with van der Waals surface area (Å²) in [7, 11) is 0. The predicted molar refractivity (Wildman–Crippen MR) is 80.8 cm³/mol. The molecule has 0 aromatic heterocycles. The van der Waals surface area contributed by atoms with E-state index < -0.39 is 0 Å². The van der Waals surface area contributed by atoms with Gasteiger partial charge in [0, 0.05) is 19.7 Å². The van der Waals surface area contributed by atoms with Crippen LogP contribution in [0.5, 0.6) is 0 Å². The molecule has 0 aromatic rings. The van der Waals surface area contributed by atoms with Crippen LogP contribution in [0, 0.1) is 0 Å². The predicted octanol–water partition coefficient (Wildman–Crippen LogP) is 0.841. The van der Waals surface area contributed by atoms with Crippen LogP contribution in [0.2, 0.25) is 0 Å². The number of morpholine rings is 1. The summed E-state index contributed by atoms with van der Waals surface area (Å²) in [5.74, 6) is 0. The van der Waals surface area contributed by atoms with Gasteiger partial charge in [-0.1, -0.05) is 13.3 Å². The van der Waals surface area contributed by atoms with E-state index in [1.807, 2.05) is 0 Å². The van der Waals surface area contributed by atoms with Crippen LogP contribution in [-0.4, -0.2) is 78.7 Å². The van der Waals surface area contributed by atoms with Crippen LogP contribution in [0.15, 0.2) is 0 Å². The molecule has 0 spiro atoms. The molecule has 0 bridgehead atoms. The third kappa shape index (κ3) is 12.0. The normalized spacial score (nSPS) is 19.0. The van der Waals surface area contributed by atoms with E-state index in [1.54, 1.807) is 0 Å². The molecule has 1 aliphatic heterocycles. The molecular formula is C15H31NO5. The van der Waals surface area contributed by atoms with E-state index in [0.29, 0.717) is 46.2 Å². The Kier molecular flexibility index (Phi) is 13.2. The fourth-order valence-electron chi connectivity index (χ4n) is 1.85. The van der Waals surface area contributed by atoms with Gasteiger partial charge < -0.3 is 29.0 Å². The quantitative estimate of drug-likeness (QED) is 0.480. The first-order valence-electron chi connectivity index (χ1n) is 8.06. The van der Waals surface area contributed by atoms with Crippen molar-refractivity contribution in [2.75, 3.05) is 72.6 Å². The van der Waals surface area contributed by atoms with Crippen LogP contribution in [0.25, 0.3) is 0 Å². The highest BCUT2D eigenvalue weighted by Crippen LogP contribution is 1.96. The van der Waals surface area contributed by atoms with Gasteiger partial charge in [-0.2, -0.15) is 0 Å². The van der Waals surface area contributed by atoms with Crippen molar-refractivity contribution in [3.05, 3.63) is 0 Å². The van der Waals surface area contributed by atoms with E-state index in [-0.39, 0.29) is 6.10 Å².